The summed E-state index contributed by atoms with van der Waals surface area (Å²) in [5.41, 5.74) is 4.70. The summed E-state index contributed by atoms with van der Waals surface area (Å²) in [6.07, 6.45) is 2.58. The molecule has 0 aliphatic carbocycles. The standard InChI is InChI=1S/C19H23N5.CH4O4S/c1-22-17-7-3-4-8-18(17)23(2)19(22)21-20-15-9-11-16(12-10-15)24-13-5-6-14-24;1-5-6(2,3)4/h3-4,7-12,19H,5-6,13-14H2,1-2H3;1H3,(H,2,3,4). The Morgan fingerprint density at radius 3 is 2.27 bits per heavy atom. The van der Waals surface area contributed by atoms with Crippen molar-refractivity contribution >= 4 is 33.1 Å². The van der Waals surface area contributed by atoms with Crippen LogP contribution in [0.5, 0.6) is 0 Å². The van der Waals surface area contributed by atoms with Gasteiger partial charge in [0.25, 0.3) is 6.29 Å². The van der Waals surface area contributed by atoms with E-state index in [1.165, 1.54) is 47.9 Å². The molecule has 10 heteroatoms. The first-order chi connectivity index (χ1) is 14.3. The zero-order valence-electron chi connectivity index (χ0n) is 17.4. The quantitative estimate of drug-likeness (QED) is 0.450. The second-order valence-corrected chi connectivity index (χ2v) is 8.34. The van der Waals surface area contributed by atoms with Gasteiger partial charge in [-0.15, -0.1) is 10.2 Å². The molecule has 1 saturated heterocycles. The van der Waals surface area contributed by atoms with Gasteiger partial charge in [0.05, 0.1) is 19.8 Å². The molecule has 4 rings (SSSR count). The fourth-order valence-electron chi connectivity index (χ4n) is 3.67. The molecular weight excluding hydrogens is 406 g/mol. The molecule has 0 spiro atoms. The zero-order chi connectivity index (χ0) is 21.7. The van der Waals surface area contributed by atoms with Crippen LogP contribution >= 0.6 is 0 Å². The lowest BCUT2D eigenvalue weighted by atomic mass is 10.2. The number of benzene rings is 2. The molecule has 2 atom stereocenters. The molecule has 2 aromatic carbocycles. The number of quaternary nitrogens is 1. The van der Waals surface area contributed by atoms with Crippen LogP contribution in [0, 0.1) is 0 Å². The van der Waals surface area contributed by atoms with Crippen molar-refractivity contribution in [1.29, 1.82) is 0 Å². The molecule has 0 bridgehead atoms. The molecule has 1 N–H and O–H groups in total. The lowest BCUT2D eigenvalue weighted by Crippen LogP contribution is -3.07. The van der Waals surface area contributed by atoms with Gasteiger partial charge in [0.1, 0.15) is 5.69 Å². The van der Waals surface area contributed by atoms with Gasteiger partial charge < -0.3 is 9.45 Å². The molecule has 0 saturated carbocycles. The van der Waals surface area contributed by atoms with E-state index in [9.17, 15) is 13.0 Å². The van der Waals surface area contributed by atoms with Gasteiger partial charge in [-0.3, -0.25) is 14.0 Å². The van der Waals surface area contributed by atoms with E-state index in [0.29, 0.717) is 0 Å². The summed E-state index contributed by atoms with van der Waals surface area (Å²) in [6.45, 7) is 2.33. The number of anilines is 2. The van der Waals surface area contributed by atoms with Gasteiger partial charge in [0.15, 0.2) is 5.69 Å². The average Bonchev–Trinajstić information content (AvgIpc) is 3.36. The number of para-hydroxylation sites is 2. The second-order valence-electron chi connectivity index (χ2n) is 7.19. The van der Waals surface area contributed by atoms with Crippen molar-refractivity contribution in [3.8, 4) is 0 Å². The van der Waals surface area contributed by atoms with Crippen molar-refractivity contribution in [3.05, 3.63) is 48.5 Å². The minimum absolute atomic E-state index is 0.0133. The Labute approximate surface area is 177 Å². The van der Waals surface area contributed by atoms with Gasteiger partial charge in [0.2, 0.25) is 10.4 Å². The largest absolute Gasteiger partial charge is 0.726 e. The number of rotatable bonds is 4. The predicted octanol–water partition coefficient (Wildman–Crippen LogP) is 2.04. The van der Waals surface area contributed by atoms with Crippen LogP contribution in [0.2, 0.25) is 0 Å². The average molecular weight is 434 g/mol. The Kier molecular flexibility index (Phi) is 7.03. The molecule has 0 radical (unpaired) electrons. The lowest BCUT2D eigenvalue weighted by molar-refractivity contribution is -0.831. The zero-order valence-corrected chi connectivity index (χ0v) is 18.2. The van der Waals surface area contributed by atoms with Crippen LogP contribution in [0.15, 0.2) is 58.8 Å². The normalized spacial score (nSPS) is 20.9. The molecule has 162 valence electrons. The van der Waals surface area contributed by atoms with E-state index in [4.69, 9.17) is 0 Å². The van der Waals surface area contributed by atoms with Crippen molar-refractivity contribution in [3.63, 3.8) is 0 Å². The summed E-state index contributed by atoms with van der Waals surface area (Å²) in [5, 5.41) is 9.08. The molecule has 1 fully saturated rings. The monoisotopic (exact) mass is 433 g/mol. The molecule has 2 aliphatic heterocycles. The van der Waals surface area contributed by atoms with Crippen molar-refractivity contribution in [1.82, 2.24) is 0 Å². The van der Waals surface area contributed by atoms with Gasteiger partial charge >= 0.3 is 0 Å². The molecule has 2 aliphatic rings. The first kappa shape index (κ1) is 22.2. The molecular formula is C20H27N5O4S. The number of azo groups is 1. The summed E-state index contributed by atoms with van der Waals surface area (Å²) in [4.78, 5) is 5.87. The van der Waals surface area contributed by atoms with E-state index in [1.54, 1.807) is 0 Å². The second kappa shape index (κ2) is 9.52. The Morgan fingerprint density at radius 1 is 1.10 bits per heavy atom. The lowest BCUT2D eigenvalue weighted by Gasteiger charge is -2.18. The number of nitrogens with zero attached hydrogens (tertiary/aromatic N) is 4. The highest BCUT2D eigenvalue weighted by atomic mass is 32.3. The molecule has 0 aromatic heterocycles. The van der Waals surface area contributed by atoms with E-state index in [2.05, 4.69) is 86.8 Å². The SMILES string of the molecule is CN1c2ccccc2[NH+](C)C1N=Nc1ccc(N2CCCC2)cc1.COS(=O)(=O)[O-]. The van der Waals surface area contributed by atoms with Gasteiger partial charge in [-0.2, -0.15) is 0 Å². The maximum atomic E-state index is 9.22. The molecule has 2 aromatic rings. The Hall–Kier alpha value is -2.53. The van der Waals surface area contributed by atoms with Gasteiger partial charge in [-0.1, -0.05) is 12.1 Å². The number of nitrogens with one attached hydrogen (secondary N) is 1. The fraction of sp³-hybridized carbons (Fsp3) is 0.400. The van der Waals surface area contributed by atoms with Gasteiger partial charge in [-0.25, -0.2) is 8.42 Å². The summed E-state index contributed by atoms with van der Waals surface area (Å²) in [6, 6.07) is 16.9. The highest BCUT2D eigenvalue weighted by Gasteiger charge is 2.36. The summed E-state index contributed by atoms with van der Waals surface area (Å²) < 4.78 is 31.0. The van der Waals surface area contributed by atoms with E-state index in [1.807, 2.05) is 0 Å². The minimum atomic E-state index is -4.41. The van der Waals surface area contributed by atoms with Crippen LogP contribution in [-0.2, 0) is 14.6 Å². The number of fused-ring (bicyclic) bond motifs is 1. The van der Waals surface area contributed by atoms with Crippen LogP contribution in [0.3, 0.4) is 0 Å². The van der Waals surface area contributed by atoms with Gasteiger partial charge in [0, 0.05) is 31.9 Å². The van der Waals surface area contributed by atoms with E-state index < -0.39 is 10.4 Å². The first-order valence-corrected chi connectivity index (χ1v) is 11.1. The molecule has 30 heavy (non-hydrogen) atoms. The van der Waals surface area contributed by atoms with Crippen LogP contribution in [0.1, 0.15) is 12.8 Å². The van der Waals surface area contributed by atoms with E-state index in [-0.39, 0.29) is 6.29 Å². The highest BCUT2D eigenvalue weighted by Crippen LogP contribution is 2.28. The maximum Gasteiger partial charge on any atom is 0.285 e. The van der Waals surface area contributed by atoms with Crippen LogP contribution in [0.4, 0.5) is 22.7 Å². The Balaban J connectivity index is 0.000000377. The molecule has 9 nitrogen and oxygen atoms in total. The van der Waals surface area contributed by atoms with Crippen LogP contribution in [0.25, 0.3) is 0 Å². The third-order valence-corrected chi connectivity index (χ3v) is 5.68. The minimum Gasteiger partial charge on any atom is -0.726 e. The van der Waals surface area contributed by atoms with Gasteiger partial charge in [-0.05, 0) is 43.2 Å². The number of hydrogen-bond acceptors (Lipinski definition) is 8. The summed E-state index contributed by atoms with van der Waals surface area (Å²) >= 11 is 0. The molecule has 2 unspecified atom stereocenters. The highest BCUT2D eigenvalue weighted by molar-refractivity contribution is 7.80. The molecule has 2 heterocycles. The Bertz CT molecular complexity index is 946. The topological polar surface area (TPSA) is 102 Å². The van der Waals surface area contributed by atoms with Crippen LogP contribution < -0.4 is 14.7 Å². The first-order valence-electron chi connectivity index (χ1n) is 9.73. The molecule has 0 amide bonds. The van der Waals surface area contributed by atoms with Crippen molar-refractivity contribution in [2.75, 3.05) is 44.1 Å². The van der Waals surface area contributed by atoms with Crippen molar-refractivity contribution < 1.29 is 22.1 Å². The van der Waals surface area contributed by atoms with E-state index >= 15 is 0 Å². The third-order valence-electron chi connectivity index (χ3n) is 5.27. The van der Waals surface area contributed by atoms with Crippen molar-refractivity contribution in [2.24, 2.45) is 10.2 Å². The number of hydrogen-bond donors (Lipinski definition) is 1. The Morgan fingerprint density at radius 2 is 1.70 bits per heavy atom. The maximum absolute atomic E-state index is 9.22. The van der Waals surface area contributed by atoms with Crippen molar-refractivity contribution in [2.45, 2.75) is 19.1 Å². The summed E-state index contributed by atoms with van der Waals surface area (Å²) in [7, 11) is 0.616. The predicted molar refractivity (Wildman–Crippen MR) is 114 cm³/mol. The third kappa shape index (κ3) is 5.33. The smallest absolute Gasteiger partial charge is 0.285 e. The van der Waals surface area contributed by atoms with E-state index in [0.717, 1.165) is 12.8 Å². The fourth-order valence-corrected chi connectivity index (χ4v) is 3.67. The van der Waals surface area contributed by atoms with Crippen LogP contribution in [-0.4, -0.2) is 53.6 Å². The summed E-state index contributed by atoms with van der Waals surface area (Å²) in [5.74, 6) is 0.